The molecule has 2 amide bonds. The Morgan fingerprint density at radius 3 is 2.57 bits per heavy atom. The molecule has 1 unspecified atom stereocenters. The van der Waals surface area contributed by atoms with Crippen LogP contribution in [0.1, 0.15) is 17.5 Å². The third kappa shape index (κ3) is 4.27. The largest absolute Gasteiger partial charge is 0.396 e. The molecule has 1 aliphatic carbocycles. The van der Waals surface area contributed by atoms with Crippen LogP contribution in [-0.4, -0.2) is 28.3 Å². The number of carbonyl (C=O) groups excluding carboxylic acids is 1. The summed E-state index contributed by atoms with van der Waals surface area (Å²) in [5.74, 6) is 0. The molecule has 2 aromatic carbocycles. The number of rotatable bonds is 6. The number of nitrogens with zero attached hydrogens (tertiary/aromatic N) is 1. The highest BCUT2D eigenvalue weighted by atomic mass is 16.6. The van der Waals surface area contributed by atoms with Crippen LogP contribution in [0.4, 0.5) is 10.5 Å². The van der Waals surface area contributed by atoms with Crippen LogP contribution in [0.15, 0.2) is 72.8 Å². The molecule has 3 N–H and O–H groups in total. The summed E-state index contributed by atoms with van der Waals surface area (Å²) < 4.78 is 0. The molecule has 1 atom stereocenters. The van der Waals surface area contributed by atoms with Crippen molar-refractivity contribution < 1.29 is 14.8 Å². The van der Waals surface area contributed by atoms with E-state index >= 15 is 0 Å². The van der Waals surface area contributed by atoms with Gasteiger partial charge in [-0.2, -0.15) is 0 Å². The second-order valence-corrected chi connectivity index (χ2v) is 6.49. The first-order valence-electron chi connectivity index (χ1n) is 8.90. The van der Waals surface area contributed by atoms with E-state index in [1.54, 1.807) is 30.3 Å². The topological polar surface area (TPSA) is 104 Å². The second-order valence-electron chi connectivity index (χ2n) is 6.49. The molecule has 28 heavy (non-hydrogen) atoms. The van der Waals surface area contributed by atoms with Crippen molar-refractivity contribution in [3.8, 4) is 0 Å². The van der Waals surface area contributed by atoms with Gasteiger partial charge in [0.25, 0.3) is 0 Å². The van der Waals surface area contributed by atoms with Crippen molar-refractivity contribution in [1.29, 1.82) is 0 Å². The molecule has 0 radical (unpaired) electrons. The lowest BCUT2D eigenvalue weighted by atomic mass is 9.90. The van der Waals surface area contributed by atoms with Gasteiger partial charge in [-0.25, -0.2) is 4.79 Å². The molecule has 0 aliphatic heterocycles. The minimum Gasteiger partial charge on any atom is -0.396 e. The first-order valence-corrected chi connectivity index (χ1v) is 8.90. The summed E-state index contributed by atoms with van der Waals surface area (Å²) in [5.41, 5.74) is 1.15. The number of allylic oxidation sites excluding steroid dienone is 2. The number of hydrogen-bond acceptors (Lipinski definition) is 4. The second kappa shape index (κ2) is 8.49. The van der Waals surface area contributed by atoms with E-state index in [9.17, 15) is 14.9 Å². The molecule has 2 aromatic rings. The number of benzene rings is 2. The van der Waals surface area contributed by atoms with Crippen LogP contribution in [-0.2, 0) is 6.42 Å². The van der Waals surface area contributed by atoms with Gasteiger partial charge in [0, 0.05) is 18.4 Å². The van der Waals surface area contributed by atoms with Gasteiger partial charge in [-0.15, -0.1) is 0 Å². The molecule has 1 aliphatic rings. The van der Waals surface area contributed by atoms with E-state index in [-0.39, 0.29) is 13.0 Å². The van der Waals surface area contributed by atoms with E-state index in [1.165, 1.54) is 6.08 Å². The predicted octanol–water partition coefficient (Wildman–Crippen LogP) is 3.36. The maximum absolute atomic E-state index is 12.5. The van der Waals surface area contributed by atoms with Crippen molar-refractivity contribution in [1.82, 2.24) is 5.32 Å². The number of amides is 2. The van der Waals surface area contributed by atoms with Crippen molar-refractivity contribution in [3.63, 3.8) is 0 Å². The van der Waals surface area contributed by atoms with Crippen molar-refractivity contribution in [2.75, 3.05) is 11.9 Å². The van der Waals surface area contributed by atoms with E-state index in [2.05, 4.69) is 10.6 Å². The average molecular weight is 379 g/mol. The summed E-state index contributed by atoms with van der Waals surface area (Å²) in [6.45, 7) is -0.0624. The zero-order valence-corrected chi connectivity index (χ0v) is 15.2. The quantitative estimate of drug-likeness (QED) is 0.407. The van der Waals surface area contributed by atoms with Crippen molar-refractivity contribution in [2.45, 2.75) is 18.5 Å². The third-order valence-electron chi connectivity index (χ3n) is 4.58. The van der Waals surface area contributed by atoms with Gasteiger partial charge >= 0.3 is 11.7 Å². The van der Waals surface area contributed by atoms with E-state index in [1.807, 2.05) is 36.4 Å². The molecule has 0 heterocycles. The Morgan fingerprint density at radius 2 is 1.86 bits per heavy atom. The molecule has 0 fully saturated rings. The average Bonchev–Trinajstić information content (AvgIpc) is 2.70. The summed E-state index contributed by atoms with van der Waals surface area (Å²) in [4.78, 5) is 23.9. The maximum atomic E-state index is 12.5. The normalized spacial score (nSPS) is 18.2. The maximum Gasteiger partial charge on any atom is 0.324 e. The van der Waals surface area contributed by atoms with Gasteiger partial charge in [0.1, 0.15) is 0 Å². The lowest BCUT2D eigenvalue weighted by Crippen LogP contribution is -2.55. The number of nitro groups is 1. The van der Waals surface area contributed by atoms with Gasteiger partial charge in [-0.3, -0.25) is 15.4 Å². The van der Waals surface area contributed by atoms with Gasteiger partial charge in [0.2, 0.25) is 0 Å². The Hall–Kier alpha value is -3.45. The highest BCUT2D eigenvalue weighted by Crippen LogP contribution is 2.30. The lowest BCUT2D eigenvalue weighted by Gasteiger charge is -2.27. The zero-order chi connectivity index (χ0) is 20.0. The van der Waals surface area contributed by atoms with Crippen LogP contribution in [0.2, 0.25) is 0 Å². The molecule has 7 nitrogen and oxygen atoms in total. The molecule has 0 saturated carbocycles. The van der Waals surface area contributed by atoms with Crippen LogP contribution < -0.4 is 10.6 Å². The molecule has 0 aromatic heterocycles. The number of aliphatic hydroxyl groups is 1. The number of carbonyl (C=O) groups is 1. The summed E-state index contributed by atoms with van der Waals surface area (Å²) in [6.07, 6.45) is 5.20. The number of urea groups is 1. The highest BCUT2D eigenvalue weighted by molar-refractivity contribution is 5.91. The minimum absolute atomic E-state index is 0.0339. The first kappa shape index (κ1) is 19.3. The molecular formula is C21H21N3O4. The van der Waals surface area contributed by atoms with Crippen LogP contribution in [0.3, 0.4) is 0 Å². The number of anilines is 1. The van der Waals surface area contributed by atoms with Gasteiger partial charge in [0.05, 0.1) is 11.3 Å². The summed E-state index contributed by atoms with van der Waals surface area (Å²) in [5, 5.41) is 26.2. The molecule has 7 heteroatoms. The molecule has 0 bridgehead atoms. The summed E-state index contributed by atoms with van der Waals surface area (Å²) in [7, 11) is 0. The van der Waals surface area contributed by atoms with Crippen molar-refractivity contribution >= 4 is 17.3 Å². The highest BCUT2D eigenvalue weighted by Gasteiger charge is 2.44. The number of para-hydroxylation sites is 1. The van der Waals surface area contributed by atoms with Crippen LogP contribution in [0, 0.1) is 10.1 Å². The smallest absolute Gasteiger partial charge is 0.324 e. The van der Waals surface area contributed by atoms with Crippen LogP contribution in [0.5, 0.6) is 0 Å². The molecular weight excluding hydrogens is 358 g/mol. The predicted molar refractivity (Wildman–Crippen MR) is 107 cm³/mol. The fourth-order valence-corrected chi connectivity index (χ4v) is 3.17. The van der Waals surface area contributed by atoms with Crippen molar-refractivity contribution in [2.24, 2.45) is 0 Å². The van der Waals surface area contributed by atoms with E-state index in [0.29, 0.717) is 12.1 Å². The SMILES string of the molecule is O=C(Nc1ccccc1CCO)NC1([N+](=O)[O-])C=CC=C(c2ccccc2)C1. The van der Waals surface area contributed by atoms with E-state index in [0.717, 1.165) is 16.7 Å². The van der Waals surface area contributed by atoms with E-state index < -0.39 is 16.6 Å². The fraction of sp³-hybridized carbons (Fsp3) is 0.190. The summed E-state index contributed by atoms with van der Waals surface area (Å²) in [6, 6.07) is 15.7. The first-order chi connectivity index (χ1) is 13.5. The minimum atomic E-state index is -1.74. The Labute approximate surface area is 162 Å². The molecule has 3 rings (SSSR count). The van der Waals surface area contributed by atoms with Crippen molar-refractivity contribution in [3.05, 3.63) is 94.1 Å². The molecule has 0 saturated heterocycles. The van der Waals surface area contributed by atoms with Gasteiger partial charge in [-0.1, -0.05) is 60.7 Å². The van der Waals surface area contributed by atoms with Crippen LogP contribution in [0.25, 0.3) is 5.57 Å². The van der Waals surface area contributed by atoms with Crippen LogP contribution >= 0.6 is 0 Å². The molecule has 0 spiro atoms. The Kier molecular flexibility index (Phi) is 5.86. The number of nitrogens with one attached hydrogen (secondary N) is 2. The lowest BCUT2D eigenvalue weighted by molar-refractivity contribution is -0.558. The van der Waals surface area contributed by atoms with E-state index in [4.69, 9.17) is 5.11 Å². The Bertz CT molecular complexity index is 924. The zero-order valence-electron chi connectivity index (χ0n) is 15.2. The third-order valence-corrected chi connectivity index (χ3v) is 4.58. The summed E-state index contributed by atoms with van der Waals surface area (Å²) >= 11 is 0. The van der Waals surface area contributed by atoms with Gasteiger partial charge in [0.15, 0.2) is 0 Å². The standard InChI is InChI=1S/C21H21N3O4/c25-14-12-17-9-4-5-11-19(17)22-20(26)23-21(24(27)28)13-6-10-18(15-21)16-7-2-1-3-8-16/h1-11,13,25H,12,14-15H2,(H2,22,23,26). The fourth-order valence-electron chi connectivity index (χ4n) is 3.17. The number of hydrogen-bond donors (Lipinski definition) is 3. The number of aliphatic hydroxyl groups excluding tert-OH is 1. The molecule has 144 valence electrons. The monoisotopic (exact) mass is 379 g/mol. The Balaban J connectivity index is 1.79. The Morgan fingerprint density at radius 1 is 1.14 bits per heavy atom. The van der Waals surface area contributed by atoms with Gasteiger partial charge in [-0.05, 0) is 29.2 Å². The van der Waals surface area contributed by atoms with Gasteiger partial charge < -0.3 is 10.4 Å².